The van der Waals surface area contributed by atoms with Gasteiger partial charge in [-0.3, -0.25) is 9.78 Å². The van der Waals surface area contributed by atoms with Crippen molar-refractivity contribution < 1.29 is 9.18 Å². The molecule has 0 bridgehead atoms. The number of aromatic nitrogens is 3. The van der Waals surface area contributed by atoms with Crippen molar-refractivity contribution in [3.8, 4) is 5.69 Å². The lowest BCUT2D eigenvalue weighted by Gasteiger charge is -2.08. The Balaban J connectivity index is 1.81. The lowest BCUT2D eigenvalue weighted by Crippen LogP contribution is -2.23. The molecule has 2 heterocycles. The number of halogens is 1. The number of carbonyl (C=O) groups excluding carboxylic acids is 1. The third-order valence-electron chi connectivity index (χ3n) is 3.70. The average molecular weight is 324 g/mol. The standard InChI is InChI=1S/C18H17FN4O/c1-2-17-16(18(24)21-11-13-4-3-9-20-10-13)12-22-23(17)15-7-5-14(19)6-8-15/h3-10,12H,2,11H2,1H3,(H,21,24). The van der Waals surface area contributed by atoms with E-state index in [1.54, 1.807) is 35.4 Å². The van der Waals surface area contributed by atoms with Crippen molar-refractivity contribution in [1.82, 2.24) is 20.1 Å². The SMILES string of the molecule is CCc1c(C(=O)NCc2cccnc2)cnn1-c1ccc(F)cc1. The van der Waals surface area contributed by atoms with Crippen LogP contribution in [0.5, 0.6) is 0 Å². The fraction of sp³-hybridized carbons (Fsp3) is 0.167. The highest BCUT2D eigenvalue weighted by atomic mass is 19.1. The molecule has 0 saturated heterocycles. The van der Waals surface area contributed by atoms with Gasteiger partial charge in [0.2, 0.25) is 0 Å². The predicted octanol–water partition coefficient (Wildman–Crippen LogP) is 2.90. The summed E-state index contributed by atoms with van der Waals surface area (Å²) in [5, 5.41) is 7.16. The van der Waals surface area contributed by atoms with Crippen molar-refractivity contribution in [2.24, 2.45) is 0 Å². The van der Waals surface area contributed by atoms with Crippen LogP contribution in [-0.4, -0.2) is 20.7 Å². The summed E-state index contributed by atoms with van der Waals surface area (Å²) in [6, 6.07) is 9.75. The van der Waals surface area contributed by atoms with Crippen LogP contribution in [0, 0.1) is 5.82 Å². The Morgan fingerprint density at radius 1 is 1.21 bits per heavy atom. The Labute approximate surface area is 139 Å². The maximum atomic E-state index is 13.1. The van der Waals surface area contributed by atoms with Crippen LogP contribution in [0.4, 0.5) is 4.39 Å². The second kappa shape index (κ2) is 7.04. The smallest absolute Gasteiger partial charge is 0.255 e. The minimum Gasteiger partial charge on any atom is -0.348 e. The van der Waals surface area contributed by atoms with Crippen molar-refractivity contribution in [2.45, 2.75) is 19.9 Å². The van der Waals surface area contributed by atoms with Gasteiger partial charge < -0.3 is 5.32 Å². The minimum atomic E-state index is -0.307. The first kappa shape index (κ1) is 15.9. The number of rotatable bonds is 5. The second-order valence-corrected chi connectivity index (χ2v) is 5.29. The van der Waals surface area contributed by atoms with Gasteiger partial charge in [-0.2, -0.15) is 5.10 Å². The second-order valence-electron chi connectivity index (χ2n) is 5.29. The molecule has 122 valence electrons. The number of hydrogen-bond acceptors (Lipinski definition) is 3. The lowest BCUT2D eigenvalue weighted by molar-refractivity contribution is 0.0950. The Hall–Kier alpha value is -3.02. The van der Waals surface area contributed by atoms with E-state index in [4.69, 9.17) is 0 Å². The van der Waals surface area contributed by atoms with Crippen LogP contribution in [0.15, 0.2) is 55.0 Å². The number of pyridine rings is 1. The molecule has 0 fully saturated rings. The van der Waals surface area contributed by atoms with E-state index in [-0.39, 0.29) is 11.7 Å². The molecule has 0 atom stereocenters. The molecule has 1 N–H and O–H groups in total. The highest BCUT2D eigenvalue weighted by molar-refractivity contribution is 5.95. The normalized spacial score (nSPS) is 10.6. The van der Waals surface area contributed by atoms with Crippen LogP contribution in [-0.2, 0) is 13.0 Å². The van der Waals surface area contributed by atoms with Crippen molar-refractivity contribution >= 4 is 5.91 Å². The van der Waals surface area contributed by atoms with Gasteiger partial charge in [0.1, 0.15) is 5.82 Å². The molecule has 0 aliphatic rings. The Morgan fingerprint density at radius 3 is 2.67 bits per heavy atom. The van der Waals surface area contributed by atoms with Gasteiger partial charge in [-0.25, -0.2) is 9.07 Å². The van der Waals surface area contributed by atoms with Crippen molar-refractivity contribution in [3.63, 3.8) is 0 Å². The highest BCUT2D eigenvalue weighted by Crippen LogP contribution is 2.16. The van der Waals surface area contributed by atoms with Gasteiger partial charge in [0, 0.05) is 18.9 Å². The molecule has 24 heavy (non-hydrogen) atoms. The van der Waals surface area contributed by atoms with Crippen LogP contribution < -0.4 is 5.32 Å². The van der Waals surface area contributed by atoms with Gasteiger partial charge in [-0.1, -0.05) is 13.0 Å². The zero-order valence-electron chi connectivity index (χ0n) is 13.2. The zero-order chi connectivity index (χ0) is 16.9. The van der Waals surface area contributed by atoms with Crippen LogP contribution in [0.1, 0.15) is 28.5 Å². The van der Waals surface area contributed by atoms with E-state index >= 15 is 0 Å². The van der Waals surface area contributed by atoms with Crippen LogP contribution in [0.25, 0.3) is 5.69 Å². The van der Waals surface area contributed by atoms with Crippen molar-refractivity contribution in [1.29, 1.82) is 0 Å². The summed E-state index contributed by atoms with van der Waals surface area (Å²) >= 11 is 0. The summed E-state index contributed by atoms with van der Waals surface area (Å²) in [6.45, 7) is 2.35. The molecule has 5 nitrogen and oxygen atoms in total. The third kappa shape index (κ3) is 3.32. The van der Waals surface area contributed by atoms with E-state index in [1.807, 2.05) is 19.1 Å². The summed E-state index contributed by atoms with van der Waals surface area (Å²) in [7, 11) is 0. The summed E-state index contributed by atoms with van der Waals surface area (Å²) in [4.78, 5) is 16.5. The predicted molar refractivity (Wildman–Crippen MR) is 88.3 cm³/mol. The molecule has 3 aromatic rings. The molecule has 0 radical (unpaired) electrons. The maximum Gasteiger partial charge on any atom is 0.255 e. The molecule has 0 unspecified atom stereocenters. The monoisotopic (exact) mass is 324 g/mol. The Bertz CT molecular complexity index is 828. The molecule has 1 amide bonds. The fourth-order valence-corrected chi connectivity index (χ4v) is 2.49. The van der Waals surface area contributed by atoms with E-state index in [1.165, 1.54) is 12.1 Å². The Kier molecular flexibility index (Phi) is 4.65. The van der Waals surface area contributed by atoms with Gasteiger partial charge in [0.25, 0.3) is 5.91 Å². The molecule has 0 aliphatic heterocycles. The molecule has 2 aromatic heterocycles. The molecule has 1 aromatic carbocycles. The zero-order valence-corrected chi connectivity index (χ0v) is 13.2. The highest BCUT2D eigenvalue weighted by Gasteiger charge is 2.17. The number of amides is 1. The molecule has 0 spiro atoms. The molecule has 3 rings (SSSR count). The number of benzene rings is 1. The summed E-state index contributed by atoms with van der Waals surface area (Å²) in [5.74, 6) is -0.498. The molecular formula is C18H17FN4O. The Morgan fingerprint density at radius 2 is 2.00 bits per heavy atom. The van der Waals surface area contributed by atoms with E-state index in [2.05, 4.69) is 15.4 Å². The van der Waals surface area contributed by atoms with Crippen LogP contribution in [0.2, 0.25) is 0 Å². The third-order valence-corrected chi connectivity index (χ3v) is 3.70. The molecule has 0 saturated carbocycles. The number of carbonyl (C=O) groups is 1. The summed E-state index contributed by atoms with van der Waals surface area (Å²) < 4.78 is 14.7. The van der Waals surface area contributed by atoms with Crippen LogP contribution in [0.3, 0.4) is 0 Å². The number of nitrogens with one attached hydrogen (secondary N) is 1. The quantitative estimate of drug-likeness (QED) is 0.785. The largest absolute Gasteiger partial charge is 0.348 e. The fourth-order valence-electron chi connectivity index (χ4n) is 2.49. The first-order chi connectivity index (χ1) is 11.7. The van der Waals surface area contributed by atoms with Crippen molar-refractivity contribution in [2.75, 3.05) is 0 Å². The van der Waals surface area contributed by atoms with Gasteiger partial charge in [0.05, 0.1) is 23.1 Å². The van der Waals surface area contributed by atoms with E-state index in [9.17, 15) is 9.18 Å². The van der Waals surface area contributed by atoms with E-state index in [0.717, 1.165) is 16.9 Å². The first-order valence-electron chi connectivity index (χ1n) is 7.69. The van der Waals surface area contributed by atoms with Gasteiger partial charge in [0.15, 0.2) is 0 Å². The topological polar surface area (TPSA) is 59.8 Å². The van der Waals surface area contributed by atoms with Crippen molar-refractivity contribution in [3.05, 3.63) is 77.6 Å². The van der Waals surface area contributed by atoms with Crippen LogP contribution >= 0.6 is 0 Å². The van der Waals surface area contributed by atoms with E-state index in [0.29, 0.717) is 18.5 Å². The van der Waals surface area contributed by atoms with Gasteiger partial charge in [-0.05, 0) is 42.3 Å². The maximum absolute atomic E-state index is 13.1. The van der Waals surface area contributed by atoms with Gasteiger partial charge >= 0.3 is 0 Å². The molecular weight excluding hydrogens is 307 g/mol. The number of hydrogen-bond donors (Lipinski definition) is 1. The molecule has 0 aliphatic carbocycles. The summed E-state index contributed by atoms with van der Waals surface area (Å²) in [5.41, 5.74) is 2.95. The average Bonchev–Trinajstić information content (AvgIpc) is 3.05. The first-order valence-corrected chi connectivity index (χ1v) is 7.69. The summed E-state index contributed by atoms with van der Waals surface area (Å²) in [6.07, 6.45) is 5.57. The minimum absolute atomic E-state index is 0.191. The van der Waals surface area contributed by atoms with Gasteiger partial charge in [-0.15, -0.1) is 0 Å². The van der Waals surface area contributed by atoms with E-state index < -0.39 is 0 Å². The lowest BCUT2D eigenvalue weighted by atomic mass is 10.2. The molecule has 6 heteroatoms. The number of nitrogens with zero attached hydrogens (tertiary/aromatic N) is 3.